The normalized spacial score (nSPS) is 12.1. The lowest BCUT2D eigenvalue weighted by Gasteiger charge is -2.18. The SMILES string of the molecule is CCCC(CCO)CNC(=O)Nc1cc(F)ccc1OC(C)C. The van der Waals surface area contributed by atoms with Gasteiger partial charge in [-0.25, -0.2) is 9.18 Å². The van der Waals surface area contributed by atoms with E-state index in [1.54, 1.807) is 0 Å². The molecule has 0 aromatic heterocycles. The Bertz CT molecular complexity index is 489. The summed E-state index contributed by atoms with van der Waals surface area (Å²) in [4.78, 5) is 12.0. The second kappa shape index (κ2) is 10.0. The van der Waals surface area contributed by atoms with E-state index in [1.807, 2.05) is 13.8 Å². The van der Waals surface area contributed by atoms with Gasteiger partial charge in [-0.15, -0.1) is 0 Å². The molecule has 0 bridgehead atoms. The number of anilines is 1. The topological polar surface area (TPSA) is 70.6 Å². The molecule has 1 aromatic rings. The van der Waals surface area contributed by atoms with Gasteiger partial charge < -0.3 is 20.5 Å². The van der Waals surface area contributed by atoms with Crippen molar-refractivity contribution in [3.63, 3.8) is 0 Å². The molecule has 1 rings (SSSR count). The fraction of sp³-hybridized carbons (Fsp3) is 0.588. The third kappa shape index (κ3) is 7.32. The van der Waals surface area contributed by atoms with Crippen LogP contribution in [0.5, 0.6) is 5.75 Å². The fourth-order valence-electron chi connectivity index (χ4n) is 2.30. The van der Waals surface area contributed by atoms with Gasteiger partial charge in [-0.05, 0) is 44.7 Å². The van der Waals surface area contributed by atoms with E-state index in [1.165, 1.54) is 18.2 Å². The lowest BCUT2D eigenvalue weighted by molar-refractivity contribution is 0.235. The average Bonchev–Trinajstić information content (AvgIpc) is 2.48. The Balaban J connectivity index is 2.64. The molecule has 0 aliphatic carbocycles. The summed E-state index contributed by atoms with van der Waals surface area (Å²) in [5.74, 6) is 0.215. The molecule has 0 aliphatic heterocycles. The highest BCUT2D eigenvalue weighted by atomic mass is 19.1. The van der Waals surface area contributed by atoms with Crippen LogP contribution in [0.3, 0.4) is 0 Å². The van der Waals surface area contributed by atoms with Crippen molar-refractivity contribution >= 4 is 11.7 Å². The Morgan fingerprint density at radius 2 is 2.09 bits per heavy atom. The number of benzene rings is 1. The highest BCUT2D eigenvalue weighted by Gasteiger charge is 2.13. The zero-order valence-corrected chi connectivity index (χ0v) is 14.1. The van der Waals surface area contributed by atoms with Crippen LogP contribution in [0.25, 0.3) is 0 Å². The van der Waals surface area contributed by atoms with Gasteiger partial charge in [-0.3, -0.25) is 0 Å². The maximum Gasteiger partial charge on any atom is 0.319 e. The number of carbonyl (C=O) groups is 1. The summed E-state index contributed by atoms with van der Waals surface area (Å²) in [6, 6.07) is 3.60. The molecule has 0 radical (unpaired) electrons. The molecule has 0 saturated carbocycles. The lowest BCUT2D eigenvalue weighted by Crippen LogP contribution is -2.33. The maximum absolute atomic E-state index is 13.4. The number of hydrogen-bond donors (Lipinski definition) is 3. The predicted octanol–water partition coefficient (Wildman–Crippen LogP) is 3.53. The first-order chi connectivity index (χ1) is 11.0. The summed E-state index contributed by atoms with van der Waals surface area (Å²) in [7, 11) is 0. The van der Waals surface area contributed by atoms with Crippen molar-refractivity contribution in [2.45, 2.75) is 46.1 Å². The van der Waals surface area contributed by atoms with E-state index < -0.39 is 11.8 Å². The number of halogens is 1. The third-order valence-corrected chi connectivity index (χ3v) is 3.34. The van der Waals surface area contributed by atoms with Gasteiger partial charge in [0.15, 0.2) is 0 Å². The van der Waals surface area contributed by atoms with Gasteiger partial charge in [0.05, 0.1) is 11.8 Å². The fourth-order valence-corrected chi connectivity index (χ4v) is 2.30. The zero-order valence-electron chi connectivity index (χ0n) is 14.1. The Morgan fingerprint density at radius 3 is 2.70 bits per heavy atom. The molecule has 23 heavy (non-hydrogen) atoms. The van der Waals surface area contributed by atoms with E-state index in [-0.39, 0.29) is 18.6 Å². The summed E-state index contributed by atoms with van der Waals surface area (Å²) >= 11 is 0. The van der Waals surface area contributed by atoms with Crippen molar-refractivity contribution in [1.29, 1.82) is 0 Å². The number of carbonyl (C=O) groups excluding carboxylic acids is 1. The van der Waals surface area contributed by atoms with Crippen LogP contribution < -0.4 is 15.4 Å². The van der Waals surface area contributed by atoms with Crippen LogP contribution >= 0.6 is 0 Å². The lowest BCUT2D eigenvalue weighted by atomic mass is 10.0. The number of hydrogen-bond acceptors (Lipinski definition) is 3. The molecule has 0 aliphatic rings. The minimum absolute atomic E-state index is 0.0810. The average molecular weight is 326 g/mol. The third-order valence-electron chi connectivity index (χ3n) is 3.34. The number of nitrogens with one attached hydrogen (secondary N) is 2. The minimum Gasteiger partial charge on any atom is -0.489 e. The van der Waals surface area contributed by atoms with E-state index in [9.17, 15) is 9.18 Å². The molecule has 5 nitrogen and oxygen atoms in total. The molecular formula is C17H27FN2O3. The number of aliphatic hydroxyl groups excluding tert-OH is 1. The molecule has 0 spiro atoms. The summed E-state index contributed by atoms with van der Waals surface area (Å²) in [6.07, 6.45) is 2.49. The molecule has 130 valence electrons. The van der Waals surface area contributed by atoms with Crippen molar-refractivity contribution in [3.05, 3.63) is 24.0 Å². The molecule has 1 atom stereocenters. The largest absolute Gasteiger partial charge is 0.489 e. The van der Waals surface area contributed by atoms with Gasteiger partial charge in [-0.2, -0.15) is 0 Å². The van der Waals surface area contributed by atoms with Crippen molar-refractivity contribution in [3.8, 4) is 5.75 Å². The van der Waals surface area contributed by atoms with E-state index in [2.05, 4.69) is 17.6 Å². The molecule has 3 N–H and O–H groups in total. The molecule has 0 heterocycles. The van der Waals surface area contributed by atoms with Crippen LogP contribution in [0.1, 0.15) is 40.0 Å². The monoisotopic (exact) mass is 326 g/mol. The Hall–Kier alpha value is -1.82. The number of urea groups is 1. The molecule has 0 fully saturated rings. The predicted molar refractivity (Wildman–Crippen MR) is 89.3 cm³/mol. The van der Waals surface area contributed by atoms with Crippen LogP contribution in [-0.4, -0.2) is 30.4 Å². The van der Waals surface area contributed by atoms with E-state index >= 15 is 0 Å². The van der Waals surface area contributed by atoms with Crippen LogP contribution in [-0.2, 0) is 0 Å². The van der Waals surface area contributed by atoms with Gasteiger partial charge in [0.2, 0.25) is 0 Å². The summed E-state index contributed by atoms with van der Waals surface area (Å²) in [6.45, 7) is 6.35. The van der Waals surface area contributed by atoms with Crippen LogP contribution in [0, 0.1) is 11.7 Å². The Morgan fingerprint density at radius 1 is 1.35 bits per heavy atom. The molecule has 1 unspecified atom stereocenters. The Labute approximate surface area is 137 Å². The van der Waals surface area contributed by atoms with Gasteiger partial charge in [-0.1, -0.05) is 13.3 Å². The molecule has 6 heteroatoms. The van der Waals surface area contributed by atoms with Gasteiger partial charge >= 0.3 is 6.03 Å². The highest BCUT2D eigenvalue weighted by molar-refractivity contribution is 5.90. The standard InChI is InChI=1S/C17H27FN2O3/c1-4-5-13(8-9-21)11-19-17(22)20-15-10-14(18)6-7-16(15)23-12(2)3/h6-7,10,12-13,21H,4-5,8-9,11H2,1-3H3,(H2,19,20,22). The van der Waals surface area contributed by atoms with Crippen LogP contribution in [0.4, 0.5) is 14.9 Å². The smallest absolute Gasteiger partial charge is 0.319 e. The summed E-state index contributed by atoms with van der Waals surface area (Å²) in [5.41, 5.74) is 0.297. The maximum atomic E-state index is 13.4. The first-order valence-corrected chi connectivity index (χ1v) is 8.08. The number of aliphatic hydroxyl groups is 1. The molecule has 2 amide bonds. The zero-order chi connectivity index (χ0) is 17.2. The highest BCUT2D eigenvalue weighted by Crippen LogP contribution is 2.26. The van der Waals surface area contributed by atoms with Crippen LogP contribution in [0.2, 0.25) is 0 Å². The first kappa shape index (κ1) is 19.2. The quantitative estimate of drug-likeness (QED) is 0.650. The van der Waals surface area contributed by atoms with Crippen LogP contribution in [0.15, 0.2) is 18.2 Å². The number of rotatable bonds is 9. The molecule has 1 aromatic carbocycles. The van der Waals surface area contributed by atoms with Gasteiger partial charge in [0, 0.05) is 19.2 Å². The Kier molecular flexibility index (Phi) is 8.40. The summed E-state index contributed by atoms with van der Waals surface area (Å²) < 4.78 is 19.0. The van der Waals surface area contributed by atoms with Crippen molar-refractivity contribution < 1.29 is 19.0 Å². The van der Waals surface area contributed by atoms with Crippen molar-refractivity contribution in [2.24, 2.45) is 5.92 Å². The molecular weight excluding hydrogens is 299 g/mol. The van der Waals surface area contributed by atoms with E-state index in [4.69, 9.17) is 9.84 Å². The summed E-state index contributed by atoms with van der Waals surface area (Å²) in [5, 5.41) is 14.4. The van der Waals surface area contributed by atoms with Gasteiger partial charge in [0.1, 0.15) is 11.6 Å². The van der Waals surface area contributed by atoms with Gasteiger partial charge in [0.25, 0.3) is 0 Å². The first-order valence-electron chi connectivity index (χ1n) is 8.08. The van der Waals surface area contributed by atoms with Crippen molar-refractivity contribution in [2.75, 3.05) is 18.5 Å². The van der Waals surface area contributed by atoms with Crippen molar-refractivity contribution in [1.82, 2.24) is 5.32 Å². The van der Waals surface area contributed by atoms with E-state index in [0.29, 0.717) is 24.4 Å². The minimum atomic E-state index is -0.444. The number of amides is 2. The van der Waals surface area contributed by atoms with E-state index in [0.717, 1.165) is 12.8 Å². The molecule has 0 saturated heterocycles. The number of ether oxygens (including phenoxy) is 1. The second-order valence-corrected chi connectivity index (χ2v) is 5.81. The second-order valence-electron chi connectivity index (χ2n) is 5.81.